The molecule has 0 bridgehead atoms. The Morgan fingerprint density at radius 2 is 2.00 bits per heavy atom. The molecule has 0 aliphatic carbocycles. The van der Waals surface area contributed by atoms with Gasteiger partial charge in [-0.1, -0.05) is 0 Å². The van der Waals surface area contributed by atoms with E-state index in [9.17, 15) is 4.79 Å². The van der Waals surface area contributed by atoms with Crippen molar-refractivity contribution in [1.29, 1.82) is 0 Å². The fourth-order valence-corrected chi connectivity index (χ4v) is 1.74. The maximum atomic E-state index is 12.0. The van der Waals surface area contributed by atoms with Crippen LogP contribution in [0.3, 0.4) is 0 Å². The quantitative estimate of drug-likeness (QED) is 0.658. The zero-order chi connectivity index (χ0) is 11.4. The Labute approximate surface area is 98.2 Å². The van der Waals surface area contributed by atoms with E-state index in [-0.39, 0.29) is 11.7 Å². The van der Waals surface area contributed by atoms with E-state index < -0.39 is 6.04 Å². The molecule has 0 aromatic heterocycles. The van der Waals surface area contributed by atoms with E-state index in [4.69, 9.17) is 5.73 Å². The van der Waals surface area contributed by atoms with Gasteiger partial charge >= 0.3 is 98.0 Å². The van der Waals surface area contributed by atoms with Gasteiger partial charge in [-0.25, -0.2) is 0 Å². The Morgan fingerprint density at radius 1 is 1.40 bits per heavy atom. The number of hydrogen-bond acceptors (Lipinski definition) is 2. The van der Waals surface area contributed by atoms with E-state index in [1.54, 1.807) is 4.92 Å². The van der Waals surface area contributed by atoms with Crippen LogP contribution in [0.1, 0.15) is 29.8 Å². The normalized spacial score (nSPS) is 12.5. The predicted octanol–water partition coefficient (Wildman–Crippen LogP) is 1.17. The molecule has 1 aromatic carbocycles. The van der Waals surface area contributed by atoms with Gasteiger partial charge in [0.05, 0.1) is 0 Å². The van der Waals surface area contributed by atoms with Crippen LogP contribution < -0.4 is 5.73 Å². The minimum atomic E-state index is -0.425. The van der Waals surface area contributed by atoms with E-state index in [0.717, 1.165) is 5.56 Å². The Balaban J connectivity index is 3.05. The van der Waals surface area contributed by atoms with Gasteiger partial charge in [0.2, 0.25) is 0 Å². The zero-order valence-electron chi connectivity index (χ0n) is 8.94. The maximum absolute atomic E-state index is 12.0. The molecular formula is C12H15NOSe. The molecule has 1 atom stereocenters. The number of carbonyl (C=O) groups excluding carboxylic acids is 1. The molecule has 0 radical (unpaired) electrons. The number of rotatable bonds is 4. The van der Waals surface area contributed by atoms with E-state index in [1.807, 2.05) is 38.1 Å². The van der Waals surface area contributed by atoms with Crippen LogP contribution in [0.15, 0.2) is 24.3 Å². The van der Waals surface area contributed by atoms with E-state index >= 15 is 0 Å². The summed E-state index contributed by atoms with van der Waals surface area (Å²) in [4.78, 5) is 13.8. The Morgan fingerprint density at radius 3 is 2.53 bits per heavy atom. The second-order valence-corrected chi connectivity index (χ2v) is 4.33. The van der Waals surface area contributed by atoms with Gasteiger partial charge in [0.1, 0.15) is 0 Å². The molecular weight excluding hydrogens is 253 g/mol. The summed E-state index contributed by atoms with van der Waals surface area (Å²) in [5.41, 5.74) is 7.44. The van der Waals surface area contributed by atoms with Crippen molar-refractivity contribution in [3.05, 3.63) is 35.4 Å². The summed E-state index contributed by atoms with van der Waals surface area (Å²) < 4.78 is 0. The van der Waals surface area contributed by atoms with Crippen LogP contribution in [0.4, 0.5) is 0 Å². The van der Waals surface area contributed by atoms with Crippen molar-refractivity contribution in [2.75, 3.05) is 0 Å². The van der Waals surface area contributed by atoms with Crippen molar-refractivity contribution in [2.45, 2.75) is 19.9 Å². The summed E-state index contributed by atoms with van der Waals surface area (Å²) in [6.45, 7) is 3.90. The molecule has 2 nitrogen and oxygen atoms in total. The number of Topliss-reactive ketones (excluding diaryl/α,β-unsaturated/α-hetero) is 1. The molecule has 3 heteroatoms. The standard InChI is InChI=1S/C12H15NOSe/c1-8(2)11(13)12(14)10-6-4-3-5-9(10)7-15/h3-8,11H,13H2,1-2H3/t11-/m0/s1. The molecule has 2 N–H and O–H groups in total. The molecule has 0 unspecified atom stereocenters. The predicted molar refractivity (Wildman–Crippen MR) is 64.5 cm³/mol. The van der Waals surface area contributed by atoms with Gasteiger partial charge in [0.15, 0.2) is 0 Å². The van der Waals surface area contributed by atoms with Gasteiger partial charge < -0.3 is 0 Å². The SMILES string of the molecule is CC(C)[C@H](N)C(=O)c1ccccc1C=[Se]. The van der Waals surface area contributed by atoms with Crippen molar-refractivity contribution in [1.82, 2.24) is 0 Å². The first-order chi connectivity index (χ1) is 7.07. The number of benzene rings is 1. The van der Waals surface area contributed by atoms with Crippen molar-refractivity contribution in [3.8, 4) is 0 Å². The summed E-state index contributed by atoms with van der Waals surface area (Å²) in [5.74, 6) is 0.165. The molecule has 0 saturated carbocycles. The molecule has 80 valence electrons. The van der Waals surface area contributed by atoms with Crippen LogP contribution in [0.5, 0.6) is 0 Å². The van der Waals surface area contributed by atoms with Crippen LogP contribution in [-0.2, 0) is 0 Å². The van der Waals surface area contributed by atoms with Gasteiger partial charge in [-0.3, -0.25) is 0 Å². The first kappa shape index (κ1) is 12.3. The second-order valence-electron chi connectivity index (χ2n) is 3.84. The number of nitrogens with two attached hydrogens (primary N) is 1. The summed E-state index contributed by atoms with van der Waals surface area (Å²) in [5, 5.41) is 0. The molecule has 0 spiro atoms. The molecule has 1 rings (SSSR count). The third-order valence-electron chi connectivity index (χ3n) is 2.37. The van der Waals surface area contributed by atoms with Gasteiger partial charge in [-0.15, -0.1) is 0 Å². The zero-order valence-corrected chi connectivity index (χ0v) is 10.6. The summed E-state index contributed by atoms with van der Waals surface area (Å²) in [6, 6.07) is 7.05. The molecule has 1 aromatic rings. The van der Waals surface area contributed by atoms with Gasteiger partial charge in [-0.05, 0) is 0 Å². The third kappa shape index (κ3) is 2.85. The summed E-state index contributed by atoms with van der Waals surface area (Å²) >= 11 is 2.80. The summed E-state index contributed by atoms with van der Waals surface area (Å²) in [7, 11) is 0. The van der Waals surface area contributed by atoms with E-state index in [1.165, 1.54) is 0 Å². The minimum absolute atomic E-state index is 0.00657. The van der Waals surface area contributed by atoms with Crippen LogP contribution in [0.2, 0.25) is 0 Å². The van der Waals surface area contributed by atoms with Crippen molar-refractivity contribution < 1.29 is 4.79 Å². The van der Waals surface area contributed by atoms with Gasteiger partial charge in [-0.2, -0.15) is 0 Å². The van der Waals surface area contributed by atoms with Crippen LogP contribution >= 0.6 is 0 Å². The van der Waals surface area contributed by atoms with Crippen LogP contribution in [-0.4, -0.2) is 32.3 Å². The molecule has 0 saturated heterocycles. The van der Waals surface area contributed by atoms with Crippen molar-refractivity contribution in [3.63, 3.8) is 0 Å². The fraction of sp³-hybridized carbons (Fsp3) is 0.333. The average Bonchev–Trinajstić information content (AvgIpc) is 2.26. The van der Waals surface area contributed by atoms with E-state index in [2.05, 4.69) is 15.6 Å². The molecule has 15 heavy (non-hydrogen) atoms. The molecule has 0 heterocycles. The topological polar surface area (TPSA) is 43.1 Å². The van der Waals surface area contributed by atoms with Crippen LogP contribution in [0.25, 0.3) is 0 Å². The number of ketones is 1. The van der Waals surface area contributed by atoms with Crippen molar-refractivity contribution >= 4 is 26.3 Å². The average molecular weight is 268 g/mol. The molecule has 0 amide bonds. The first-order valence-electron chi connectivity index (χ1n) is 4.92. The fourth-order valence-electron chi connectivity index (χ4n) is 1.31. The molecule has 0 aliphatic heterocycles. The Kier molecular flexibility index (Phi) is 4.40. The first-order valence-corrected chi connectivity index (χ1v) is 5.90. The number of carbonyl (C=O) groups is 1. The monoisotopic (exact) mass is 269 g/mol. The number of hydrogen-bond donors (Lipinski definition) is 1. The van der Waals surface area contributed by atoms with Crippen LogP contribution in [0, 0.1) is 5.92 Å². The third-order valence-corrected chi connectivity index (χ3v) is 2.91. The van der Waals surface area contributed by atoms with Gasteiger partial charge in [0, 0.05) is 0 Å². The van der Waals surface area contributed by atoms with E-state index in [0.29, 0.717) is 5.56 Å². The Hall–Kier alpha value is -0.761. The van der Waals surface area contributed by atoms with Gasteiger partial charge in [0.25, 0.3) is 0 Å². The Bertz CT molecular complexity index is 374. The second kappa shape index (κ2) is 5.36. The molecule has 0 aliphatic rings. The van der Waals surface area contributed by atoms with Crippen molar-refractivity contribution in [2.24, 2.45) is 11.7 Å². The molecule has 0 fully saturated rings. The summed E-state index contributed by atoms with van der Waals surface area (Å²) in [6.07, 6.45) is 0.